The van der Waals surface area contributed by atoms with Crippen molar-refractivity contribution in [2.24, 2.45) is 0 Å². The maximum Gasteiger partial charge on any atom is 0.335 e. The molecule has 10 heteroatoms. The molecule has 1 amide bonds. The first-order valence-corrected chi connectivity index (χ1v) is 11.9. The second-order valence-electron chi connectivity index (χ2n) is 7.13. The highest BCUT2D eigenvalue weighted by molar-refractivity contribution is 7.92. The van der Waals surface area contributed by atoms with E-state index < -0.39 is 28.4 Å². The molecule has 0 atom stereocenters. The topological polar surface area (TPSA) is 104 Å². The summed E-state index contributed by atoms with van der Waals surface area (Å²) in [5, 5.41) is 12.5. The van der Waals surface area contributed by atoms with Gasteiger partial charge in [0.25, 0.3) is 10.0 Å². The summed E-state index contributed by atoms with van der Waals surface area (Å²) in [6.07, 6.45) is 0. The highest BCUT2D eigenvalue weighted by atomic mass is 35.5. The van der Waals surface area contributed by atoms with E-state index in [1.54, 1.807) is 37.3 Å². The van der Waals surface area contributed by atoms with Crippen LogP contribution in [0, 0.1) is 6.92 Å². The van der Waals surface area contributed by atoms with Crippen LogP contribution in [0.4, 0.5) is 5.69 Å². The number of hydrogen-bond donors (Lipinski definition) is 2. The number of sulfonamides is 1. The summed E-state index contributed by atoms with van der Waals surface area (Å²) in [4.78, 5) is 23.9. The van der Waals surface area contributed by atoms with Crippen molar-refractivity contribution in [1.82, 2.24) is 5.32 Å². The van der Waals surface area contributed by atoms with E-state index in [9.17, 15) is 18.0 Å². The van der Waals surface area contributed by atoms with Crippen molar-refractivity contribution >= 4 is 50.8 Å². The minimum Gasteiger partial charge on any atom is -0.478 e. The van der Waals surface area contributed by atoms with Gasteiger partial charge in [0.15, 0.2) is 0 Å². The van der Waals surface area contributed by atoms with Crippen LogP contribution in [0.3, 0.4) is 0 Å². The van der Waals surface area contributed by atoms with Crippen molar-refractivity contribution in [3.63, 3.8) is 0 Å². The Bertz CT molecular complexity index is 1290. The third-order valence-corrected chi connectivity index (χ3v) is 7.30. The zero-order valence-electron chi connectivity index (χ0n) is 17.5. The summed E-state index contributed by atoms with van der Waals surface area (Å²) in [6, 6.07) is 16.5. The molecule has 3 rings (SSSR count). The summed E-state index contributed by atoms with van der Waals surface area (Å²) in [5.74, 6) is -1.66. The van der Waals surface area contributed by atoms with Gasteiger partial charge in [0.05, 0.1) is 16.1 Å². The number of nitrogens with one attached hydrogen (secondary N) is 1. The van der Waals surface area contributed by atoms with Crippen molar-refractivity contribution in [2.45, 2.75) is 18.4 Å². The predicted molar refractivity (Wildman–Crippen MR) is 127 cm³/mol. The van der Waals surface area contributed by atoms with Gasteiger partial charge in [-0.25, -0.2) is 13.2 Å². The van der Waals surface area contributed by atoms with E-state index in [0.717, 1.165) is 4.31 Å². The molecule has 0 aromatic heterocycles. The van der Waals surface area contributed by atoms with Crippen LogP contribution in [-0.2, 0) is 21.4 Å². The number of hydrogen-bond acceptors (Lipinski definition) is 4. The molecule has 3 aromatic carbocycles. The van der Waals surface area contributed by atoms with E-state index in [1.807, 2.05) is 0 Å². The van der Waals surface area contributed by atoms with Gasteiger partial charge in [-0.1, -0.05) is 41.4 Å². The Balaban J connectivity index is 1.89. The van der Waals surface area contributed by atoms with E-state index in [1.165, 1.54) is 36.4 Å². The number of carboxylic acid groups (broad SMARTS) is 1. The maximum atomic E-state index is 13.4. The van der Waals surface area contributed by atoms with Gasteiger partial charge in [0.1, 0.15) is 6.54 Å². The van der Waals surface area contributed by atoms with E-state index in [4.69, 9.17) is 28.3 Å². The first kappa shape index (κ1) is 24.6. The smallest absolute Gasteiger partial charge is 0.335 e. The van der Waals surface area contributed by atoms with Crippen LogP contribution in [0.15, 0.2) is 71.6 Å². The SMILES string of the molecule is Cc1c(Cl)cccc1N(CC(=O)NCc1cccc(C(=O)O)c1)S(=O)(=O)c1ccc(Cl)cc1. The molecule has 0 heterocycles. The first-order chi connectivity index (χ1) is 15.6. The molecule has 7 nitrogen and oxygen atoms in total. The average Bonchev–Trinajstić information content (AvgIpc) is 2.78. The maximum absolute atomic E-state index is 13.4. The molecule has 0 fully saturated rings. The second kappa shape index (κ2) is 10.2. The molecular formula is C23H20Cl2N2O5S. The summed E-state index contributed by atoms with van der Waals surface area (Å²) < 4.78 is 27.8. The molecule has 3 aromatic rings. The fourth-order valence-electron chi connectivity index (χ4n) is 3.10. The minimum atomic E-state index is -4.13. The van der Waals surface area contributed by atoms with Crippen molar-refractivity contribution in [2.75, 3.05) is 10.8 Å². The van der Waals surface area contributed by atoms with E-state index in [2.05, 4.69) is 5.32 Å². The number of rotatable bonds is 8. The third kappa shape index (κ3) is 5.84. The lowest BCUT2D eigenvalue weighted by Crippen LogP contribution is -2.41. The number of carbonyl (C=O) groups excluding carboxylic acids is 1. The Morgan fingerprint density at radius 1 is 1.00 bits per heavy atom. The molecule has 0 radical (unpaired) electrons. The van der Waals surface area contributed by atoms with Gasteiger partial charge in [-0.05, 0) is 66.6 Å². The number of carboxylic acids is 1. The van der Waals surface area contributed by atoms with Crippen LogP contribution < -0.4 is 9.62 Å². The van der Waals surface area contributed by atoms with Crippen LogP contribution in [0.25, 0.3) is 0 Å². The highest BCUT2D eigenvalue weighted by Crippen LogP contribution is 2.31. The summed E-state index contributed by atoms with van der Waals surface area (Å²) in [6.45, 7) is 1.19. The van der Waals surface area contributed by atoms with Gasteiger partial charge in [-0.3, -0.25) is 9.10 Å². The Morgan fingerprint density at radius 3 is 2.33 bits per heavy atom. The van der Waals surface area contributed by atoms with Crippen LogP contribution >= 0.6 is 23.2 Å². The number of aromatic carboxylic acids is 1. The number of anilines is 1. The molecule has 0 saturated carbocycles. The molecule has 0 aliphatic carbocycles. The molecule has 0 spiro atoms. The number of amides is 1. The molecule has 2 N–H and O–H groups in total. The lowest BCUT2D eigenvalue weighted by atomic mass is 10.1. The van der Waals surface area contributed by atoms with Crippen LogP contribution in [0.2, 0.25) is 10.0 Å². The lowest BCUT2D eigenvalue weighted by molar-refractivity contribution is -0.119. The Morgan fingerprint density at radius 2 is 1.67 bits per heavy atom. The first-order valence-electron chi connectivity index (χ1n) is 9.72. The van der Waals surface area contributed by atoms with Crippen molar-refractivity contribution < 1.29 is 23.1 Å². The van der Waals surface area contributed by atoms with Crippen LogP contribution in [0.5, 0.6) is 0 Å². The van der Waals surface area contributed by atoms with E-state index >= 15 is 0 Å². The van der Waals surface area contributed by atoms with Crippen LogP contribution in [0.1, 0.15) is 21.5 Å². The number of carbonyl (C=O) groups is 2. The molecule has 0 aliphatic heterocycles. The van der Waals surface area contributed by atoms with Gasteiger partial charge >= 0.3 is 5.97 Å². The third-order valence-electron chi connectivity index (χ3n) is 4.86. The Hall–Kier alpha value is -3.07. The molecule has 0 saturated heterocycles. The monoisotopic (exact) mass is 506 g/mol. The van der Waals surface area contributed by atoms with Gasteiger partial charge in [-0.15, -0.1) is 0 Å². The fourth-order valence-corrected chi connectivity index (χ4v) is 4.87. The average molecular weight is 507 g/mol. The molecule has 0 aliphatic rings. The minimum absolute atomic E-state index is 0.0311. The van der Waals surface area contributed by atoms with Crippen molar-refractivity contribution in [3.8, 4) is 0 Å². The molecule has 172 valence electrons. The standard InChI is InChI=1S/C23H20Cl2N2O5S/c1-15-20(25)6-3-7-21(15)27(33(31,32)19-10-8-18(24)9-11-19)14-22(28)26-13-16-4-2-5-17(12-16)23(29)30/h2-12H,13-14H2,1H3,(H,26,28)(H,29,30). The normalized spacial score (nSPS) is 11.1. The number of nitrogens with zero attached hydrogens (tertiary/aromatic N) is 1. The highest BCUT2D eigenvalue weighted by Gasteiger charge is 2.28. The fraction of sp³-hybridized carbons (Fsp3) is 0.130. The molecule has 33 heavy (non-hydrogen) atoms. The number of halogens is 2. The summed E-state index contributed by atoms with van der Waals surface area (Å²) >= 11 is 12.1. The molecule has 0 bridgehead atoms. The predicted octanol–water partition coefficient (Wildman–Crippen LogP) is 4.51. The summed E-state index contributed by atoms with van der Waals surface area (Å²) in [7, 11) is -4.13. The van der Waals surface area contributed by atoms with Gasteiger partial charge in [0.2, 0.25) is 5.91 Å². The van der Waals surface area contributed by atoms with Crippen molar-refractivity contribution in [1.29, 1.82) is 0 Å². The van der Waals surface area contributed by atoms with Gasteiger partial charge < -0.3 is 10.4 Å². The van der Waals surface area contributed by atoms with Gasteiger partial charge in [-0.2, -0.15) is 0 Å². The lowest BCUT2D eigenvalue weighted by Gasteiger charge is -2.26. The largest absolute Gasteiger partial charge is 0.478 e. The molecular weight excluding hydrogens is 487 g/mol. The van der Waals surface area contributed by atoms with Gasteiger partial charge in [0, 0.05) is 16.6 Å². The molecule has 0 unspecified atom stereocenters. The Labute approximate surface area is 201 Å². The zero-order chi connectivity index (χ0) is 24.2. The van der Waals surface area contributed by atoms with E-state index in [-0.39, 0.29) is 22.7 Å². The second-order valence-corrected chi connectivity index (χ2v) is 9.84. The zero-order valence-corrected chi connectivity index (χ0v) is 19.8. The van der Waals surface area contributed by atoms with E-state index in [0.29, 0.717) is 21.2 Å². The summed E-state index contributed by atoms with van der Waals surface area (Å²) in [5.41, 5.74) is 1.41. The quantitative estimate of drug-likeness (QED) is 0.467. The number of benzene rings is 3. The van der Waals surface area contributed by atoms with Crippen molar-refractivity contribution in [3.05, 3.63) is 93.5 Å². The van der Waals surface area contributed by atoms with Crippen LogP contribution in [-0.4, -0.2) is 31.9 Å². The Kier molecular flexibility index (Phi) is 7.63.